The van der Waals surface area contributed by atoms with E-state index < -0.39 is 18.0 Å². The molecule has 6 nitrogen and oxygen atoms in total. The molecule has 1 aliphatic heterocycles. The van der Waals surface area contributed by atoms with Crippen LogP contribution in [0.2, 0.25) is 0 Å². The Morgan fingerprint density at radius 3 is 2.64 bits per heavy atom. The predicted molar refractivity (Wildman–Crippen MR) is 49.1 cm³/mol. The van der Waals surface area contributed by atoms with Crippen LogP contribution in [0.5, 0.6) is 0 Å². The second kappa shape index (κ2) is 4.52. The Morgan fingerprint density at radius 1 is 1.50 bits per heavy atom. The summed E-state index contributed by atoms with van der Waals surface area (Å²) in [6.07, 6.45) is -1.85. The molecule has 0 bridgehead atoms. The summed E-state index contributed by atoms with van der Waals surface area (Å²) in [5.74, 6) is 4.42. The maximum absolute atomic E-state index is 9.46. The van der Waals surface area contributed by atoms with Gasteiger partial charge in [-0.15, -0.1) is 0 Å². The van der Waals surface area contributed by atoms with Crippen LogP contribution in [0.15, 0.2) is 0 Å². The lowest BCUT2D eigenvalue weighted by atomic mass is 10.1. The van der Waals surface area contributed by atoms with Gasteiger partial charge in [0.2, 0.25) is 0 Å². The molecule has 1 fully saturated rings. The summed E-state index contributed by atoms with van der Waals surface area (Å²) in [7, 11) is 0. The molecule has 14 heavy (non-hydrogen) atoms. The average Bonchev–Trinajstić information content (AvgIpc) is 2.41. The van der Waals surface area contributed by atoms with Crippen LogP contribution in [-0.2, 0) is 9.47 Å². The smallest absolute Gasteiger partial charge is 0.163 e. The fraction of sp³-hybridized carbons (Fsp3) is 1.00. The first kappa shape index (κ1) is 11.8. The van der Waals surface area contributed by atoms with E-state index in [1.165, 1.54) is 0 Å². The van der Waals surface area contributed by atoms with Crippen molar-refractivity contribution in [3.8, 4) is 0 Å². The van der Waals surface area contributed by atoms with Gasteiger partial charge in [0, 0.05) is 6.54 Å². The zero-order valence-corrected chi connectivity index (χ0v) is 8.43. The molecular weight excluding hydrogens is 188 g/mol. The van der Waals surface area contributed by atoms with Crippen molar-refractivity contribution in [1.29, 1.82) is 0 Å². The first-order valence-corrected chi connectivity index (χ1v) is 4.58. The monoisotopic (exact) mass is 206 g/mol. The number of nitrogens with one attached hydrogen (secondary N) is 1. The summed E-state index contributed by atoms with van der Waals surface area (Å²) < 4.78 is 10.9. The van der Waals surface area contributed by atoms with E-state index in [2.05, 4.69) is 5.43 Å². The molecular formula is C8H18N2O4. The normalized spacial score (nSPS) is 33.2. The fourth-order valence-corrected chi connectivity index (χ4v) is 1.57. The number of hydrogen-bond donors (Lipinski definition) is 4. The second-order valence-corrected chi connectivity index (χ2v) is 3.80. The van der Waals surface area contributed by atoms with Crippen LogP contribution in [0.4, 0.5) is 0 Å². The highest BCUT2D eigenvalue weighted by Gasteiger charge is 2.44. The van der Waals surface area contributed by atoms with E-state index in [4.69, 9.17) is 20.4 Å². The molecule has 0 spiro atoms. The number of ether oxygens (including phenoxy) is 2. The van der Waals surface area contributed by atoms with Gasteiger partial charge in [-0.3, -0.25) is 11.3 Å². The van der Waals surface area contributed by atoms with E-state index >= 15 is 0 Å². The van der Waals surface area contributed by atoms with E-state index in [9.17, 15) is 5.11 Å². The van der Waals surface area contributed by atoms with Gasteiger partial charge in [-0.25, -0.2) is 0 Å². The third-order valence-corrected chi connectivity index (χ3v) is 2.11. The highest BCUT2D eigenvalue weighted by Crippen LogP contribution is 2.29. The maximum Gasteiger partial charge on any atom is 0.163 e. The minimum absolute atomic E-state index is 0.350. The minimum atomic E-state index is -0.949. The van der Waals surface area contributed by atoms with E-state index in [1.54, 1.807) is 13.8 Å². The molecule has 1 rings (SSSR count). The van der Waals surface area contributed by atoms with Crippen molar-refractivity contribution in [3.63, 3.8) is 0 Å². The first-order chi connectivity index (χ1) is 6.50. The van der Waals surface area contributed by atoms with Crippen molar-refractivity contribution in [2.75, 3.05) is 13.2 Å². The van der Waals surface area contributed by atoms with Crippen LogP contribution in [0.25, 0.3) is 0 Å². The van der Waals surface area contributed by atoms with Crippen LogP contribution < -0.4 is 11.3 Å². The maximum atomic E-state index is 9.46. The van der Waals surface area contributed by atoms with E-state index in [0.717, 1.165) is 0 Å². The molecule has 1 aliphatic rings. The minimum Gasteiger partial charge on any atom is -0.394 e. The average molecular weight is 206 g/mol. The highest BCUT2D eigenvalue weighted by atomic mass is 16.8. The van der Waals surface area contributed by atoms with Gasteiger partial charge in [-0.05, 0) is 13.8 Å². The molecule has 0 amide bonds. The molecule has 3 atom stereocenters. The van der Waals surface area contributed by atoms with E-state index in [1.807, 2.05) is 0 Å². The Balaban J connectivity index is 2.62. The van der Waals surface area contributed by atoms with Crippen LogP contribution in [0, 0.1) is 0 Å². The summed E-state index contributed by atoms with van der Waals surface area (Å²) >= 11 is 0. The molecule has 1 saturated heterocycles. The summed E-state index contributed by atoms with van der Waals surface area (Å²) in [5, 5.41) is 18.3. The molecule has 0 saturated carbocycles. The molecule has 0 unspecified atom stereocenters. The van der Waals surface area contributed by atoms with Gasteiger partial charge in [0.25, 0.3) is 0 Å². The Labute approximate surface area is 83.0 Å². The Hall–Kier alpha value is -0.240. The molecule has 1 heterocycles. The Kier molecular flexibility index (Phi) is 3.82. The molecule has 84 valence electrons. The fourth-order valence-electron chi connectivity index (χ4n) is 1.57. The number of aliphatic hydroxyl groups excluding tert-OH is 2. The first-order valence-electron chi connectivity index (χ1n) is 4.58. The quantitative estimate of drug-likeness (QED) is 0.324. The molecule has 0 radical (unpaired) electrons. The zero-order valence-electron chi connectivity index (χ0n) is 8.43. The lowest BCUT2D eigenvalue weighted by Gasteiger charge is -2.20. The zero-order chi connectivity index (χ0) is 10.8. The van der Waals surface area contributed by atoms with Crippen molar-refractivity contribution in [2.24, 2.45) is 5.84 Å². The number of aliphatic hydroxyl groups is 2. The molecule has 5 N–H and O–H groups in total. The largest absolute Gasteiger partial charge is 0.394 e. The molecule has 0 aromatic rings. The van der Waals surface area contributed by atoms with Crippen molar-refractivity contribution >= 4 is 0 Å². The number of hydrazine groups is 1. The summed E-state index contributed by atoms with van der Waals surface area (Å²) in [4.78, 5) is 0. The Bertz CT molecular complexity index is 188. The van der Waals surface area contributed by atoms with Gasteiger partial charge < -0.3 is 19.7 Å². The Morgan fingerprint density at radius 2 is 2.14 bits per heavy atom. The van der Waals surface area contributed by atoms with Crippen molar-refractivity contribution < 1.29 is 19.7 Å². The third-order valence-electron chi connectivity index (χ3n) is 2.11. The topological polar surface area (TPSA) is 97.0 Å². The van der Waals surface area contributed by atoms with Crippen molar-refractivity contribution in [1.82, 2.24) is 5.43 Å². The van der Waals surface area contributed by atoms with Crippen molar-refractivity contribution in [2.45, 2.75) is 37.9 Å². The molecule has 0 aliphatic carbocycles. The summed E-state index contributed by atoms with van der Waals surface area (Å²) in [6.45, 7) is 3.51. The van der Waals surface area contributed by atoms with E-state index in [0.29, 0.717) is 6.54 Å². The van der Waals surface area contributed by atoms with Gasteiger partial charge in [0.15, 0.2) is 5.79 Å². The third kappa shape index (κ3) is 2.63. The van der Waals surface area contributed by atoms with Crippen LogP contribution in [-0.4, -0.2) is 47.5 Å². The number of nitrogens with two attached hydrogens (primary N) is 1. The van der Waals surface area contributed by atoms with Gasteiger partial charge in [0.05, 0.1) is 6.61 Å². The van der Waals surface area contributed by atoms with Gasteiger partial charge >= 0.3 is 0 Å². The lowest BCUT2D eigenvalue weighted by Crippen LogP contribution is -2.44. The highest BCUT2D eigenvalue weighted by molar-refractivity contribution is 4.87. The van der Waals surface area contributed by atoms with Crippen LogP contribution in [0.3, 0.4) is 0 Å². The van der Waals surface area contributed by atoms with Gasteiger partial charge in [0.1, 0.15) is 18.3 Å². The molecule has 6 heteroatoms. The number of hydrogen-bond acceptors (Lipinski definition) is 6. The lowest BCUT2D eigenvalue weighted by molar-refractivity contribution is -0.157. The summed E-state index contributed by atoms with van der Waals surface area (Å²) in [6, 6.07) is 0. The van der Waals surface area contributed by atoms with Crippen molar-refractivity contribution in [3.05, 3.63) is 0 Å². The van der Waals surface area contributed by atoms with E-state index in [-0.39, 0.29) is 12.7 Å². The SMILES string of the molecule is CC1(C)O[C@@H]([C@@H](O)CO)[C@@H](CNN)O1. The molecule has 0 aromatic heterocycles. The summed E-state index contributed by atoms with van der Waals surface area (Å²) in [5.41, 5.74) is 2.46. The van der Waals surface area contributed by atoms with Crippen LogP contribution in [0.1, 0.15) is 13.8 Å². The molecule has 0 aromatic carbocycles. The van der Waals surface area contributed by atoms with Gasteiger partial charge in [-0.2, -0.15) is 0 Å². The standard InChI is InChI=1S/C8H18N2O4/c1-8(2)13-6(3-10-9)7(14-8)5(12)4-11/h5-7,10-12H,3-4,9H2,1-2H3/t5-,6+,7-/m0/s1. The van der Waals surface area contributed by atoms with Gasteiger partial charge in [-0.1, -0.05) is 0 Å². The second-order valence-electron chi connectivity index (χ2n) is 3.80. The number of rotatable bonds is 4. The van der Waals surface area contributed by atoms with Crippen LogP contribution >= 0.6 is 0 Å². The predicted octanol–water partition coefficient (Wildman–Crippen LogP) is -1.68.